The second kappa shape index (κ2) is 5.43. The Morgan fingerprint density at radius 3 is 2.56 bits per heavy atom. The molecule has 96 valence electrons. The molecule has 2 aromatic rings. The van der Waals surface area contributed by atoms with Crippen molar-refractivity contribution in [3.8, 4) is 0 Å². The Bertz CT molecular complexity index is 510. The van der Waals surface area contributed by atoms with Crippen LogP contribution in [0.3, 0.4) is 0 Å². The average Bonchev–Trinajstić information content (AvgIpc) is 2.71. The third-order valence-electron chi connectivity index (χ3n) is 2.99. The monoisotopic (exact) mass is 328 g/mol. The second-order valence-corrected chi connectivity index (χ2v) is 5.36. The van der Waals surface area contributed by atoms with Gasteiger partial charge in [0.25, 0.3) is 0 Å². The summed E-state index contributed by atoms with van der Waals surface area (Å²) in [5.41, 5.74) is 0.400. The van der Waals surface area contributed by atoms with Crippen molar-refractivity contribution in [2.45, 2.75) is 12.0 Å². The summed E-state index contributed by atoms with van der Waals surface area (Å²) in [7, 11) is 1.81. The summed E-state index contributed by atoms with van der Waals surface area (Å²) in [5, 5.41) is 15.2. The van der Waals surface area contributed by atoms with Crippen LogP contribution in [-0.4, -0.2) is 20.8 Å². The van der Waals surface area contributed by atoms with Crippen LogP contribution in [0.4, 0.5) is 0 Å². The van der Waals surface area contributed by atoms with Gasteiger partial charge in [0, 0.05) is 12.9 Å². The van der Waals surface area contributed by atoms with E-state index in [1.165, 1.54) is 0 Å². The molecule has 1 atom stereocenters. The summed E-state index contributed by atoms with van der Waals surface area (Å²) in [4.78, 5) is 0. The highest BCUT2D eigenvalue weighted by Crippen LogP contribution is 2.36. The van der Waals surface area contributed by atoms with Gasteiger partial charge in [0.2, 0.25) is 0 Å². The predicted octanol–water partition coefficient (Wildman–Crippen LogP) is 3.05. The van der Waals surface area contributed by atoms with Gasteiger partial charge in [-0.25, -0.2) is 0 Å². The quantitative estimate of drug-likeness (QED) is 0.876. The van der Waals surface area contributed by atoms with Crippen molar-refractivity contribution >= 4 is 27.5 Å². The standard InChI is InChI=1S/C13H14BrClN2O/c1-17-12(11(14)9-16-17)13(18,7-8-15)10-5-3-2-4-6-10/h2-6,9,18H,7-8H2,1H3. The zero-order valence-electron chi connectivity index (χ0n) is 9.98. The van der Waals surface area contributed by atoms with Gasteiger partial charge in [-0.3, -0.25) is 4.68 Å². The Kier molecular flexibility index (Phi) is 4.10. The lowest BCUT2D eigenvalue weighted by atomic mass is 9.88. The number of aryl methyl sites for hydroxylation is 1. The van der Waals surface area contributed by atoms with Gasteiger partial charge < -0.3 is 5.11 Å². The Morgan fingerprint density at radius 1 is 1.39 bits per heavy atom. The number of aliphatic hydroxyl groups is 1. The number of nitrogens with zero attached hydrogens (tertiary/aromatic N) is 2. The van der Waals surface area contributed by atoms with Gasteiger partial charge >= 0.3 is 0 Å². The van der Waals surface area contributed by atoms with Crippen LogP contribution in [0, 0.1) is 0 Å². The summed E-state index contributed by atoms with van der Waals surface area (Å²) >= 11 is 9.29. The van der Waals surface area contributed by atoms with E-state index in [0.29, 0.717) is 18.0 Å². The van der Waals surface area contributed by atoms with Crippen molar-refractivity contribution in [2.75, 3.05) is 5.88 Å². The topological polar surface area (TPSA) is 38.0 Å². The molecule has 0 bridgehead atoms. The molecule has 3 nitrogen and oxygen atoms in total. The summed E-state index contributed by atoms with van der Waals surface area (Å²) in [6.45, 7) is 0. The first kappa shape index (κ1) is 13.6. The molecule has 0 fully saturated rings. The largest absolute Gasteiger partial charge is 0.379 e. The van der Waals surface area contributed by atoms with Crippen molar-refractivity contribution in [1.82, 2.24) is 9.78 Å². The molecule has 1 heterocycles. The molecule has 1 N–H and O–H groups in total. The lowest BCUT2D eigenvalue weighted by molar-refractivity contribution is 0.0679. The Morgan fingerprint density at radius 2 is 2.06 bits per heavy atom. The highest BCUT2D eigenvalue weighted by atomic mass is 79.9. The van der Waals surface area contributed by atoms with Crippen LogP contribution in [0.2, 0.25) is 0 Å². The number of hydrogen-bond acceptors (Lipinski definition) is 2. The molecule has 18 heavy (non-hydrogen) atoms. The highest BCUT2D eigenvalue weighted by Gasteiger charge is 2.35. The van der Waals surface area contributed by atoms with E-state index in [4.69, 9.17) is 11.6 Å². The molecule has 2 rings (SSSR count). The number of hydrogen-bond donors (Lipinski definition) is 1. The van der Waals surface area contributed by atoms with Crippen molar-refractivity contribution < 1.29 is 5.11 Å². The molecule has 0 spiro atoms. The number of alkyl halides is 1. The van der Waals surface area contributed by atoms with Crippen LogP contribution in [0.25, 0.3) is 0 Å². The first-order valence-electron chi connectivity index (χ1n) is 5.61. The minimum atomic E-state index is -1.13. The molecule has 1 aromatic carbocycles. The Balaban J connectivity index is 2.58. The van der Waals surface area contributed by atoms with Crippen molar-refractivity contribution in [3.63, 3.8) is 0 Å². The van der Waals surface area contributed by atoms with Crippen molar-refractivity contribution in [3.05, 3.63) is 52.3 Å². The molecule has 1 unspecified atom stereocenters. The second-order valence-electron chi connectivity index (χ2n) is 4.13. The van der Waals surface area contributed by atoms with E-state index in [1.807, 2.05) is 37.4 Å². The Labute approximate surface area is 120 Å². The molecule has 1 aromatic heterocycles. The fraction of sp³-hybridized carbons (Fsp3) is 0.308. The van der Waals surface area contributed by atoms with Crippen LogP contribution in [0.15, 0.2) is 41.0 Å². The van der Waals surface area contributed by atoms with E-state index in [2.05, 4.69) is 21.0 Å². The van der Waals surface area contributed by atoms with Gasteiger partial charge in [0.15, 0.2) is 0 Å². The van der Waals surface area contributed by atoms with Gasteiger partial charge in [-0.05, 0) is 27.9 Å². The van der Waals surface area contributed by atoms with Crippen LogP contribution >= 0.6 is 27.5 Å². The van der Waals surface area contributed by atoms with E-state index in [-0.39, 0.29) is 0 Å². The van der Waals surface area contributed by atoms with Gasteiger partial charge in [-0.1, -0.05) is 30.3 Å². The van der Waals surface area contributed by atoms with E-state index < -0.39 is 5.60 Å². The molecule has 0 radical (unpaired) electrons. The van der Waals surface area contributed by atoms with E-state index in [1.54, 1.807) is 10.9 Å². The molecule has 0 saturated heterocycles. The summed E-state index contributed by atoms with van der Waals surface area (Å²) in [6, 6.07) is 9.51. The zero-order chi connectivity index (χ0) is 13.2. The molecular formula is C13H14BrClN2O. The van der Waals surface area contributed by atoms with Crippen LogP contribution in [-0.2, 0) is 12.6 Å². The normalized spacial score (nSPS) is 14.4. The number of rotatable bonds is 4. The first-order valence-corrected chi connectivity index (χ1v) is 6.94. The summed E-state index contributed by atoms with van der Waals surface area (Å²) in [6.07, 6.45) is 2.11. The van der Waals surface area contributed by atoms with E-state index in [0.717, 1.165) is 10.0 Å². The summed E-state index contributed by atoms with van der Waals surface area (Å²) in [5.74, 6) is 0.364. The van der Waals surface area contributed by atoms with Gasteiger partial charge in [-0.15, -0.1) is 11.6 Å². The smallest absolute Gasteiger partial charge is 0.133 e. The fourth-order valence-electron chi connectivity index (χ4n) is 2.13. The van der Waals surface area contributed by atoms with Crippen LogP contribution in [0.5, 0.6) is 0 Å². The fourth-order valence-corrected chi connectivity index (χ4v) is 3.08. The third-order valence-corrected chi connectivity index (χ3v) is 3.76. The molecule has 5 heteroatoms. The highest BCUT2D eigenvalue weighted by molar-refractivity contribution is 9.10. The minimum absolute atomic E-state index is 0.364. The SMILES string of the molecule is Cn1ncc(Br)c1C(O)(CCCl)c1ccccc1. The van der Waals surface area contributed by atoms with Gasteiger partial charge in [0.05, 0.1) is 16.4 Å². The maximum Gasteiger partial charge on any atom is 0.133 e. The van der Waals surface area contributed by atoms with Crippen LogP contribution in [0.1, 0.15) is 17.7 Å². The maximum atomic E-state index is 11.0. The van der Waals surface area contributed by atoms with E-state index >= 15 is 0 Å². The minimum Gasteiger partial charge on any atom is -0.379 e. The van der Waals surface area contributed by atoms with Gasteiger partial charge in [0.1, 0.15) is 5.60 Å². The molecule has 0 aliphatic carbocycles. The lowest BCUT2D eigenvalue weighted by Gasteiger charge is -2.28. The maximum absolute atomic E-state index is 11.0. The third kappa shape index (κ3) is 2.32. The molecule has 0 aliphatic rings. The van der Waals surface area contributed by atoms with E-state index in [9.17, 15) is 5.11 Å². The Hall–Kier alpha value is -0.840. The average molecular weight is 330 g/mol. The molecule has 0 saturated carbocycles. The number of halogens is 2. The molecule has 0 aliphatic heterocycles. The van der Waals surface area contributed by atoms with Crippen molar-refractivity contribution in [1.29, 1.82) is 0 Å². The lowest BCUT2D eigenvalue weighted by Crippen LogP contribution is -2.31. The predicted molar refractivity (Wildman–Crippen MR) is 75.7 cm³/mol. The first-order chi connectivity index (χ1) is 8.59. The number of aromatic nitrogens is 2. The van der Waals surface area contributed by atoms with Crippen molar-refractivity contribution in [2.24, 2.45) is 7.05 Å². The number of benzene rings is 1. The zero-order valence-corrected chi connectivity index (χ0v) is 12.3. The molecular weight excluding hydrogens is 316 g/mol. The van der Waals surface area contributed by atoms with Crippen LogP contribution < -0.4 is 0 Å². The van der Waals surface area contributed by atoms with Gasteiger partial charge in [-0.2, -0.15) is 5.10 Å². The summed E-state index contributed by atoms with van der Waals surface area (Å²) < 4.78 is 2.45. The molecule has 0 amide bonds.